The molecule has 0 radical (unpaired) electrons. The molecule has 0 aromatic heterocycles. The molecule has 0 saturated carbocycles. The van der Waals surface area contributed by atoms with Crippen LogP contribution in [0.3, 0.4) is 0 Å². The van der Waals surface area contributed by atoms with Crippen LogP contribution in [0.4, 0.5) is 0 Å². The average Bonchev–Trinajstić information content (AvgIpc) is 2.67. The summed E-state index contributed by atoms with van der Waals surface area (Å²) in [6.07, 6.45) is 2.62. The molecule has 1 aromatic carbocycles. The second-order valence-electron chi connectivity index (χ2n) is 7.63. The molecule has 1 unspecified atom stereocenters. The maximum atomic E-state index is 13.0. The third-order valence-corrected chi connectivity index (χ3v) is 5.90. The number of likely N-dealkylation sites (N-methyl/N-ethyl adjacent to an activating group) is 1. The standard InChI is InChI=1S/C20H30N2O3/c1-16(22-10-7-17-5-3-4-6-18(17)13-22)19(24)21(2)14-20(15-23)8-11-25-12-9-20/h3-6,16,23H,7-15H2,1-2H3. The smallest absolute Gasteiger partial charge is 0.239 e. The Morgan fingerprint density at radius 2 is 2.00 bits per heavy atom. The summed E-state index contributed by atoms with van der Waals surface area (Å²) in [5, 5.41) is 9.86. The van der Waals surface area contributed by atoms with Crippen LogP contribution in [0, 0.1) is 5.41 Å². The normalized spacial score (nSPS) is 21.4. The molecule has 3 rings (SSSR count). The van der Waals surface area contributed by atoms with Gasteiger partial charge in [0.25, 0.3) is 0 Å². The molecule has 0 aliphatic carbocycles. The Hall–Kier alpha value is -1.43. The van der Waals surface area contributed by atoms with Crippen LogP contribution in [0.5, 0.6) is 0 Å². The molecular formula is C20H30N2O3. The monoisotopic (exact) mass is 346 g/mol. The van der Waals surface area contributed by atoms with E-state index in [-0.39, 0.29) is 24.0 Å². The van der Waals surface area contributed by atoms with E-state index in [1.54, 1.807) is 0 Å². The van der Waals surface area contributed by atoms with Crippen molar-refractivity contribution < 1.29 is 14.6 Å². The number of ether oxygens (including phenoxy) is 1. The highest BCUT2D eigenvalue weighted by Gasteiger charge is 2.36. The topological polar surface area (TPSA) is 53.0 Å². The van der Waals surface area contributed by atoms with E-state index < -0.39 is 0 Å². The quantitative estimate of drug-likeness (QED) is 0.881. The zero-order valence-electron chi connectivity index (χ0n) is 15.4. The van der Waals surface area contributed by atoms with Crippen LogP contribution < -0.4 is 0 Å². The van der Waals surface area contributed by atoms with Gasteiger partial charge in [0, 0.05) is 45.3 Å². The molecule has 138 valence electrons. The van der Waals surface area contributed by atoms with Crippen molar-refractivity contribution in [3.05, 3.63) is 35.4 Å². The van der Waals surface area contributed by atoms with Gasteiger partial charge in [0.1, 0.15) is 0 Å². The minimum Gasteiger partial charge on any atom is -0.396 e. The molecule has 2 aliphatic rings. The third-order valence-electron chi connectivity index (χ3n) is 5.90. The maximum Gasteiger partial charge on any atom is 0.239 e. The SMILES string of the molecule is CC(C(=O)N(C)CC1(CO)CCOCC1)N1CCc2ccccc2C1. The highest BCUT2D eigenvalue weighted by Crippen LogP contribution is 2.31. The van der Waals surface area contributed by atoms with E-state index in [0.29, 0.717) is 19.8 Å². The van der Waals surface area contributed by atoms with Gasteiger partial charge in [-0.3, -0.25) is 9.69 Å². The number of hydrogen-bond acceptors (Lipinski definition) is 4. The summed E-state index contributed by atoms with van der Waals surface area (Å²) in [6, 6.07) is 8.34. The Bertz CT molecular complexity index is 598. The fourth-order valence-electron chi connectivity index (χ4n) is 4.07. The fraction of sp³-hybridized carbons (Fsp3) is 0.650. The first kappa shape index (κ1) is 18.4. The number of fused-ring (bicyclic) bond motifs is 1. The number of hydrogen-bond donors (Lipinski definition) is 1. The molecule has 5 nitrogen and oxygen atoms in total. The lowest BCUT2D eigenvalue weighted by molar-refractivity contribution is -0.138. The number of carbonyl (C=O) groups excluding carboxylic acids is 1. The first-order valence-corrected chi connectivity index (χ1v) is 9.29. The lowest BCUT2D eigenvalue weighted by Crippen LogP contribution is -2.51. The van der Waals surface area contributed by atoms with Crippen LogP contribution in [0.25, 0.3) is 0 Å². The van der Waals surface area contributed by atoms with Crippen LogP contribution in [-0.2, 0) is 22.5 Å². The Morgan fingerprint density at radius 1 is 1.32 bits per heavy atom. The zero-order valence-corrected chi connectivity index (χ0v) is 15.4. The van der Waals surface area contributed by atoms with E-state index in [2.05, 4.69) is 29.2 Å². The first-order valence-electron chi connectivity index (χ1n) is 9.29. The van der Waals surface area contributed by atoms with Crippen LogP contribution in [0.1, 0.15) is 30.9 Å². The highest BCUT2D eigenvalue weighted by molar-refractivity contribution is 5.81. The van der Waals surface area contributed by atoms with E-state index >= 15 is 0 Å². The van der Waals surface area contributed by atoms with Gasteiger partial charge in [-0.2, -0.15) is 0 Å². The van der Waals surface area contributed by atoms with E-state index in [9.17, 15) is 9.90 Å². The van der Waals surface area contributed by atoms with Crippen molar-refractivity contribution in [2.45, 2.75) is 38.8 Å². The molecule has 2 heterocycles. The average molecular weight is 346 g/mol. The Balaban J connectivity index is 1.62. The minimum atomic E-state index is -0.211. The molecular weight excluding hydrogens is 316 g/mol. The molecule has 0 bridgehead atoms. The van der Waals surface area contributed by atoms with Gasteiger partial charge < -0.3 is 14.7 Å². The molecule has 1 amide bonds. The largest absolute Gasteiger partial charge is 0.396 e. The van der Waals surface area contributed by atoms with Gasteiger partial charge in [-0.05, 0) is 37.3 Å². The third kappa shape index (κ3) is 4.05. The van der Waals surface area contributed by atoms with Crippen molar-refractivity contribution in [1.29, 1.82) is 0 Å². The molecule has 2 aliphatic heterocycles. The van der Waals surface area contributed by atoms with Crippen LogP contribution >= 0.6 is 0 Å². The second kappa shape index (κ2) is 7.85. The van der Waals surface area contributed by atoms with Crippen molar-refractivity contribution in [2.24, 2.45) is 5.41 Å². The Morgan fingerprint density at radius 3 is 2.68 bits per heavy atom. The summed E-state index contributed by atoms with van der Waals surface area (Å²) < 4.78 is 5.42. The fourth-order valence-corrected chi connectivity index (χ4v) is 4.07. The number of nitrogens with zero attached hydrogens (tertiary/aromatic N) is 2. The summed E-state index contributed by atoms with van der Waals surface area (Å²) in [5.74, 6) is 0.138. The second-order valence-corrected chi connectivity index (χ2v) is 7.63. The van der Waals surface area contributed by atoms with Crippen LogP contribution in [0.2, 0.25) is 0 Å². The van der Waals surface area contributed by atoms with Gasteiger partial charge in [0.2, 0.25) is 5.91 Å². The van der Waals surface area contributed by atoms with Gasteiger partial charge in [0.15, 0.2) is 0 Å². The number of aliphatic hydroxyl groups is 1. The zero-order chi connectivity index (χ0) is 17.9. The van der Waals surface area contributed by atoms with E-state index in [0.717, 1.165) is 32.4 Å². The van der Waals surface area contributed by atoms with Crippen molar-refractivity contribution in [2.75, 3.05) is 40.0 Å². The lowest BCUT2D eigenvalue weighted by Gasteiger charge is -2.40. The minimum absolute atomic E-state index is 0.111. The number of aliphatic hydroxyl groups excluding tert-OH is 1. The molecule has 1 atom stereocenters. The summed E-state index contributed by atoms with van der Waals surface area (Å²) in [7, 11) is 1.86. The molecule has 1 aromatic rings. The van der Waals surface area contributed by atoms with E-state index in [1.807, 2.05) is 18.9 Å². The Kier molecular flexibility index (Phi) is 5.77. The maximum absolute atomic E-state index is 13.0. The number of carbonyl (C=O) groups is 1. The molecule has 1 fully saturated rings. The molecule has 1 saturated heterocycles. The van der Waals surface area contributed by atoms with Crippen LogP contribution in [0.15, 0.2) is 24.3 Å². The van der Waals surface area contributed by atoms with Gasteiger partial charge in [-0.25, -0.2) is 0 Å². The number of rotatable bonds is 5. The van der Waals surface area contributed by atoms with Gasteiger partial charge in [-0.1, -0.05) is 24.3 Å². The first-order chi connectivity index (χ1) is 12.0. The van der Waals surface area contributed by atoms with Gasteiger partial charge in [-0.15, -0.1) is 0 Å². The van der Waals surface area contributed by atoms with Crippen molar-refractivity contribution in [3.63, 3.8) is 0 Å². The predicted molar refractivity (Wildman–Crippen MR) is 97.2 cm³/mol. The predicted octanol–water partition coefficient (Wildman–Crippen LogP) is 1.68. The van der Waals surface area contributed by atoms with Crippen molar-refractivity contribution in [3.8, 4) is 0 Å². The summed E-state index contributed by atoms with van der Waals surface area (Å²) in [6.45, 7) is 5.79. The molecule has 1 N–H and O–H groups in total. The summed E-state index contributed by atoms with van der Waals surface area (Å²) in [4.78, 5) is 17.0. The molecule has 25 heavy (non-hydrogen) atoms. The summed E-state index contributed by atoms with van der Waals surface area (Å²) >= 11 is 0. The van der Waals surface area contributed by atoms with Crippen molar-refractivity contribution in [1.82, 2.24) is 9.80 Å². The van der Waals surface area contributed by atoms with E-state index in [1.165, 1.54) is 11.1 Å². The molecule has 5 heteroatoms. The van der Waals surface area contributed by atoms with Gasteiger partial charge >= 0.3 is 0 Å². The van der Waals surface area contributed by atoms with Crippen LogP contribution in [-0.4, -0.2) is 66.8 Å². The van der Waals surface area contributed by atoms with E-state index in [4.69, 9.17) is 4.74 Å². The summed E-state index contributed by atoms with van der Waals surface area (Å²) in [5.41, 5.74) is 2.51. The lowest BCUT2D eigenvalue weighted by atomic mass is 9.80. The van der Waals surface area contributed by atoms with Crippen molar-refractivity contribution >= 4 is 5.91 Å². The Labute approximate surface area is 150 Å². The highest BCUT2D eigenvalue weighted by atomic mass is 16.5. The number of benzene rings is 1. The van der Waals surface area contributed by atoms with Gasteiger partial charge in [0.05, 0.1) is 12.6 Å². The number of amides is 1. The molecule has 0 spiro atoms.